The number of hydrogen-bond acceptors (Lipinski definition) is 1. The van der Waals surface area contributed by atoms with Crippen molar-refractivity contribution in [3.8, 4) is 0 Å². The van der Waals surface area contributed by atoms with Gasteiger partial charge in [0.15, 0.2) is 5.78 Å². The summed E-state index contributed by atoms with van der Waals surface area (Å²) in [5.74, 6) is 0.375. The van der Waals surface area contributed by atoms with Crippen LogP contribution in [0.5, 0.6) is 0 Å². The molecule has 0 bridgehead atoms. The van der Waals surface area contributed by atoms with Crippen LogP contribution in [0.2, 0.25) is 0 Å². The van der Waals surface area contributed by atoms with Crippen molar-refractivity contribution in [3.63, 3.8) is 0 Å². The maximum atomic E-state index is 11.3. The zero-order valence-corrected chi connectivity index (χ0v) is 8.10. The number of carbonyl (C=O) groups is 1. The summed E-state index contributed by atoms with van der Waals surface area (Å²) in [7, 11) is 0. The Morgan fingerprint density at radius 2 is 2.25 bits per heavy atom. The Bertz CT molecular complexity index is 175. The third kappa shape index (κ3) is 4.15. The predicted octanol–water partition coefficient (Wildman–Crippen LogP) is 3.11. The molecule has 0 fully saturated rings. The second kappa shape index (κ2) is 6.87. The zero-order valence-electron chi connectivity index (χ0n) is 8.10. The molecule has 68 valence electrons. The van der Waals surface area contributed by atoms with Crippen LogP contribution in [0.15, 0.2) is 18.4 Å². The van der Waals surface area contributed by atoms with Crippen molar-refractivity contribution in [1.82, 2.24) is 0 Å². The van der Waals surface area contributed by atoms with Crippen molar-refractivity contribution in [2.45, 2.75) is 39.5 Å². The SMILES string of the molecule is C=C=CC(=O)C(CC)CCCC. The van der Waals surface area contributed by atoms with E-state index in [1.54, 1.807) is 0 Å². The maximum absolute atomic E-state index is 11.3. The minimum Gasteiger partial charge on any atom is -0.294 e. The van der Waals surface area contributed by atoms with Crippen molar-refractivity contribution in [3.05, 3.63) is 18.4 Å². The molecule has 0 amide bonds. The molecule has 1 nitrogen and oxygen atoms in total. The summed E-state index contributed by atoms with van der Waals surface area (Å²) in [6, 6.07) is 0. The molecule has 0 aliphatic carbocycles. The third-order valence-corrected chi connectivity index (χ3v) is 2.05. The van der Waals surface area contributed by atoms with E-state index in [1.165, 1.54) is 6.08 Å². The lowest BCUT2D eigenvalue weighted by molar-refractivity contribution is -0.118. The van der Waals surface area contributed by atoms with Crippen molar-refractivity contribution < 1.29 is 4.79 Å². The molecule has 0 N–H and O–H groups in total. The summed E-state index contributed by atoms with van der Waals surface area (Å²) in [5.41, 5.74) is 2.53. The normalized spacial score (nSPS) is 11.8. The van der Waals surface area contributed by atoms with Gasteiger partial charge in [-0.2, -0.15) is 0 Å². The first-order valence-corrected chi connectivity index (χ1v) is 4.65. The molecule has 0 saturated heterocycles. The van der Waals surface area contributed by atoms with Crippen LogP contribution in [0.3, 0.4) is 0 Å². The molecule has 1 atom stereocenters. The highest BCUT2D eigenvalue weighted by Crippen LogP contribution is 2.13. The van der Waals surface area contributed by atoms with Gasteiger partial charge in [0.05, 0.1) is 0 Å². The van der Waals surface area contributed by atoms with Crippen LogP contribution in [0.25, 0.3) is 0 Å². The van der Waals surface area contributed by atoms with E-state index in [2.05, 4.69) is 26.2 Å². The van der Waals surface area contributed by atoms with Gasteiger partial charge in [-0.15, -0.1) is 5.73 Å². The maximum Gasteiger partial charge on any atom is 0.166 e. The Morgan fingerprint density at radius 1 is 1.58 bits per heavy atom. The summed E-state index contributed by atoms with van der Waals surface area (Å²) in [5, 5.41) is 0. The fraction of sp³-hybridized carbons (Fsp3) is 0.636. The number of rotatable bonds is 6. The van der Waals surface area contributed by atoms with Gasteiger partial charge in [-0.1, -0.05) is 33.3 Å². The van der Waals surface area contributed by atoms with Gasteiger partial charge in [0.25, 0.3) is 0 Å². The average Bonchev–Trinajstić information content (AvgIpc) is 2.06. The molecular formula is C11H18O. The van der Waals surface area contributed by atoms with Crippen molar-refractivity contribution in [2.24, 2.45) is 5.92 Å². The predicted molar refractivity (Wildman–Crippen MR) is 52.0 cm³/mol. The van der Waals surface area contributed by atoms with Gasteiger partial charge in [-0.05, 0) is 12.8 Å². The van der Waals surface area contributed by atoms with E-state index < -0.39 is 0 Å². The largest absolute Gasteiger partial charge is 0.294 e. The average molecular weight is 166 g/mol. The lowest BCUT2D eigenvalue weighted by Crippen LogP contribution is -2.10. The van der Waals surface area contributed by atoms with Gasteiger partial charge in [0.1, 0.15) is 0 Å². The Labute approximate surface area is 75.2 Å². The molecule has 0 heterocycles. The van der Waals surface area contributed by atoms with E-state index in [4.69, 9.17) is 0 Å². The summed E-state index contributed by atoms with van der Waals surface area (Å²) >= 11 is 0. The van der Waals surface area contributed by atoms with Gasteiger partial charge in [0, 0.05) is 12.0 Å². The molecule has 0 aromatic carbocycles. The number of ketones is 1. The molecule has 0 aliphatic heterocycles. The standard InChI is InChI=1S/C11H18O/c1-4-7-9-10(6-3)11(12)8-5-2/h8,10H,2,4,6-7,9H2,1,3H3. The summed E-state index contributed by atoms with van der Waals surface area (Å²) in [6.45, 7) is 7.59. The lowest BCUT2D eigenvalue weighted by Gasteiger charge is -2.08. The number of hydrogen-bond donors (Lipinski definition) is 0. The van der Waals surface area contributed by atoms with Gasteiger partial charge in [0.2, 0.25) is 0 Å². The molecule has 0 spiro atoms. The van der Waals surface area contributed by atoms with Crippen LogP contribution in [0, 0.1) is 5.92 Å². The molecular weight excluding hydrogens is 148 g/mol. The van der Waals surface area contributed by atoms with Crippen molar-refractivity contribution in [2.75, 3.05) is 0 Å². The summed E-state index contributed by atoms with van der Waals surface area (Å²) < 4.78 is 0. The van der Waals surface area contributed by atoms with Crippen LogP contribution in [-0.4, -0.2) is 5.78 Å². The molecule has 12 heavy (non-hydrogen) atoms. The highest BCUT2D eigenvalue weighted by molar-refractivity contribution is 5.91. The summed E-state index contributed by atoms with van der Waals surface area (Å²) in [4.78, 5) is 11.3. The smallest absolute Gasteiger partial charge is 0.166 e. The Morgan fingerprint density at radius 3 is 2.67 bits per heavy atom. The molecule has 0 aromatic rings. The van der Waals surface area contributed by atoms with Crippen LogP contribution >= 0.6 is 0 Å². The first-order valence-electron chi connectivity index (χ1n) is 4.65. The highest BCUT2D eigenvalue weighted by atomic mass is 16.1. The molecule has 0 radical (unpaired) electrons. The first kappa shape index (κ1) is 11.2. The molecule has 0 saturated carbocycles. The van der Waals surface area contributed by atoms with Crippen LogP contribution < -0.4 is 0 Å². The van der Waals surface area contributed by atoms with E-state index in [0.29, 0.717) is 0 Å². The molecule has 0 aromatic heterocycles. The molecule has 1 heteroatoms. The quantitative estimate of drug-likeness (QED) is 0.437. The van der Waals surface area contributed by atoms with Crippen LogP contribution in [-0.2, 0) is 4.79 Å². The molecule has 0 rings (SSSR count). The van der Waals surface area contributed by atoms with E-state index in [-0.39, 0.29) is 11.7 Å². The highest BCUT2D eigenvalue weighted by Gasteiger charge is 2.11. The zero-order chi connectivity index (χ0) is 9.40. The topological polar surface area (TPSA) is 17.1 Å². The van der Waals surface area contributed by atoms with Gasteiger partial charge >= 0.3 is 0 Å². The Hall–Kier alpha value is -0.810. The second-order valence-corrected chi connectivity index (χ2v) is 3.00. The van der Waals surface area contributed by atoms with Gasteiger partial charge in [-0.3, -0.25) is 4.79 Å². The summed E-state index contributed by atoms with van der Waals surface area (Å²) in [6.07, 6.45) is 5.68. The Kier molecular flexibility index (Phi) is 6.41. The first-order chi connectivity index (χ1) is 5.76. The van der Waals surface area contributed by atoms with Gasteiger partial charge < -0.3 is 0 Å². The fourth-order valence-electron chi connectivity index (χ4n) is 1.22. The molecule has 0 aliphatic rings. The van der Waals surface area contributed by atoms with Crippen LogP contribution in [0.4, 0.5) is 0 Å². The van der Waals surface area contributed by atoms with Crippen molar-refractivity contribution in [1.29, 1.82) is 0 Å². The minimum absolute atomic E-state index is 0.181. The fourth-order valence-corrected chi connectivity index (χ4v) is 1.22. The Balaban J connectivity index is 3.95. The third-order valence-electron chi connectivity index (χ3n) is 2.05. The monoisotopic (exact) mass is 166 g/mol. The van der Waals surface area contributed by atoms with Gasteiger partial charge in [-0.25, -0.2) is 0 Å². The van der Waals surface area contributed by atoms with E-state index in [0.717, 1.165) is 25.7 Å². The molecule has 1 unspecified atom stereocenters. The van der Waals surface area contributed by atoms with E-state index in [1.807, 2.05) is 0 Å². The van der Waals surface area contributed by atoms with E-state index in [9.17, 15) is 4.79 Å². The van der Waals surface area contributed by atoms with Crippen LogP contribution in [0.1, 0.15) is 39.5 Å². The lowest BCUT2D eigenvalue weighted by atomic mass is 9.95. The second-order valence-electron chi connectivity index (χ2n) is 3.00. The number of carbonyl (C=O) groups excluding carboxylic acids is 1. The van der Waals surface area contributed by atoms with E-state index >= 15 is 0 Å². The number of allylic oxidation sites excluding steroid dienone is 1. The van der Waals surface area contributed by atoms with Crippen molar-refractivity contribution >= 4 is 5.78 Å². The number of unbranched alkanes of at least 4 members (excludes halogenated alkanes) is 1. The minimum atomic E-state index is 0.181.